The second kappa shape index (κ2) is 12.2. The Morgan fingerprint density at radius 2 is 1.96 bits per heavy atom. The number of aryl methyl sites for hydroxylation is 1. The predicted octanol–water partition coefficient (Wildman–Crippen LogP) is 7.00. The summed E-state index contributed by atoms with van der Waals surface area (Å²) in [6.07, 6.45) is 2.61. The van der Waals surface area contributed by atoms with Crippen molar-refractivity contribution >= 4 is 27.6 Å². The number of aromatic nitrogens is 4. The summed E-state index contributed by atoms with van der Waals surface area (Å²) in [6, 6.07) is 2.97. The first kappa shape index (κ1) is 32.7. The van der Waals surface area contributed by atoms with Crippen molar-refractivity contribution in [2.45, 2.75) is 70.1 Å². The van der Waals surface area contributed by atoms with Crippen LogP contribution in [0, 0.1) is 31.4 Å². The maximum atomic E-state index is 17.0. The van der Waals surface area contributed by atoms with Crippen molar-refractivity contribution < 1.29 is 26.7 Å². The molecule has 48 heavy (non-hydrogen) atoms. The number of benzene rings is 2. The number of likely N-dealkylation sites (tertiary alicyclic amines) is 1. The Balaban J connectivity index is 1.41. The summed E-state index contributed by atoms with van der Waals surface area (Å²) < 4.78 is 81.5. The number of likely N-dealkylation sites (N-methyl/N-ethyl adjacent to an activating group) is 1. The summed E-state index contributed by atoms with van der Waals surface area (Å²) in [5.41, 5.74) is 0.468. The number of aromatic amines is 1. The Morgan fingerprint density at radius 1 is 1.15 bits per heavy atom. The number of fused-ring (bicyclic) bond motifs is 6. The third-order valence-corrected chi connectivity index (χ3v) is 10.8. The van der Waals surface area contributed by atoms with E-state index in [1.807, 2.05) is 24.9 Å². The van der Waals surface area contributed by atoms with Crippen LogP contribution in [0.2, 0.25) is 0 Å². The number of ether oxygens (including phenoxy) is 1. The number of halogens is 5. The van der Waals surface area contributed by atoms with E-state index in [1.54, 1.807) is 13.1 Å². The molecule has 4 aliphatic rings. The van der Waals surface area contributed by atoms with Crippen molar-refractivity contribution in [2.75, 3.05) is 44.7 Å². The molecule has 2 bridgehead atoms. The Hall–Kier alpha value is -3.84. The van der Waals surface area contributed by atoms with Gasteiger partial charge in [0.2, 0.25) is 0 Å². The lowest BCUT2D eigenvalue weighted by Gasteiger charge is -2.36. The monoisotopic (exact) mass is 669 g/mol. The standard InChI is InChI=1S/C35H40F5N7O/c1-19-10-26-24(15-42-45-26)28(21(19)3)29-25(37)11-23-31(30(29)40)43-33(48-18-35(12-20(2)36)7-5-9-46(35)4)44-32(23)47-16-22-6-8-34(17-47,41-14-22)13-27(38)39/h10-11,13,15,20,22,41H,5-9,12,14,16-18H2,1-4H3,(H,42,45)/t20-,22-,34-,35-/m0/s1. The van der Waals surface area contributed by atoms with Crippen molar-refractivity contribution in [1.29, 1.82) is 0 Å². The van der Waals surface area contributed by atoms with Crippen LogP contribution in [-0.2, 0) is 0 Å². The third kappa shape index (κ3) is 5.68. The lowest BCUT2D eigenvalue weighted by Crippen LogP contribution is -2.52. The Morgan fingerprint density at radius 3 is 2.65 bits per heavy atom. The van der Waals surface area contributed by atoms with E-state index >= 15 is 8.78 Å². The van der Waals surface area contributed by atoms with Gasteiger partial charge in [-0.05, 0) is 95.6 Å². The molecule has 8 nitrogen and oxygen atoms in total. The van der Waals surface area contributed by atoms with Crippen molar-refractivity contribution in [3.8, 4) is 17.1 Å². The van der Waals surface area contributed by atoms with E-state index < -0.39 is 35.0 Å². The molecule has 4 fully saturated rings. The highest BCUT2D eigenvalue weighted by molar-refractivity contribution is 6.01. The molecule has 0 saturated carbocycles. The normalized spacial score (nSPS) is 25.2. The van der Waals surface area contributed by atoms with Gasteiger partial charge >= 0.3 is 6.01 Å². The van der Waals surface area contributed by atoms with Crippen LogP contribution in [0.5, 0.6) is 6.01 Å². The molecular weight excluding hydrogens is 629 g/mol. The third-order valence-electron chi connectivity index (χ3n) is 10.8. The number of hydrogen-bond acceptors (Lipinski definition) is 7. The van der Waals surface area contributed by atoms with Crippen molar-refractivity contribution in [3.63, 3.8) is 0 Å². The van der Waals surface area contributed by atoms with E-state index in [4.69, 9.17) is 9.72 Å². The summed E-state index contributed by atoms with van der Waals surface area (Å²) in [4.78, 5) is 13.2. The summed E-state index contributed by atoms with van der Waals surface area (Å²) >= 11 is 0. The number of anilines is 1. The van der Waals surface area contributed by atoms with Crippen molar-refractivity contribution in [2.24, 2.45) is 5.92 Å². The average molecular weight is 670 g/mol. The summed E-state index contributed by atoms with van der Waals surface area (Å²) in [7, 11) is 1.93. The molecule has 0 unspecified atom stereocenters. The average Bonchev–Trinajstić information content (AvgIpc) is 3.53. The lowest BCUT2D eigenvalue weighted by atomic mass is 9.86. The van der Waals surface area contributed by atoms with Gasteiger partial charge in [0.15, 0.2) is 5.82 Å². The largest absolute Gasteiger partial charge is 0.461 e. The molecule has 0 radical (unpaired) electrons. The van der Waals surface area contributed by atoms with Gasteiger partial charge in [-0.25, -0.2) is 13.2 Å². The quantitative estimate of drug-likeness (QED) is 0.196. The molecule has 0 aliphatic carbocycles. The zero-order valence-electron chi connectivity index (χ0n) is 27.6. The molecule has 256 valence electrons. The van der Waals surface area contributed by atoms with E-state index in [2.05, 4.69) is 25.4 Å². The van der Waals surface area contributed by atoms with Crippen LogP contribution >= 0.6 is 0 Å². The number of alkyl halides is 1. The summed E-state index contributed by atoms with van der Waals surface area (Å²) in [5, 5.41) is 11.0. The first-order valence-electron chi connectivity index (χ1n) is 16.5. The molecular formula is C35H40F5N7O. The van der Waals surface area contributed by atoms with Gasteiger partial charge in [0.05, 0.1) is 34.5 Å². The number of rotatable bonds is 8. The highest BCUT2D eigenvalue weighted by Gasteiger charge is 2.43. The van der Waals surface area contributed by atoms with Gasteiger partial charge in [0.1, 0.15) is 23.8 Å². The molecule has 4 aliphatic heterocycles. The summed E-state index contributed by atoms with van der Waals surface area (Å²) in [5.74, 6) is -1.39. The SMILES string of the molecule is Cc1cc2[nH]ncc2c(-c2c(F)cc3c(N4C[C@H]5CC[C@](C=C(F)F)(C4)NC5)nc(OC[C@@]4(C[C@H](C)F)CCCN4C)nc3c2F)c1C. The minimum atomic E-state index is -1.80. The number of nitrogens with zero attached hydrogens (tertiary/aromatic N) is 5. The zero-order chi connectivity index (χ0) is 34.0. The van der Waals surface area contributed by atoms with Crippen molar-refractivity contribution in [1.82, 2.24) is 30.4 Å². The fraction of sp³-hybridized carbons (Fsp3) is 0.514. The molecule has 8 rings (SSSR count). The smallest absolute Gasteiger partial charge is 0.319 e. The Labute approximate surface area is 275 Å². The van der Waals surface area contributed by atoms with Gasteiger partial charge < -0.3 is 15.0 Å². The van der Waals surface area contributed by atoms with Gasteiger partial charge in [-0.3, -0.25) is 10.00 Å². The molecule has 13 heteroatoms. The second-order valence-corrected chi connectivity index (χ2v) is 14.1. The van der Waals surface area contributed by atoms with Gasteiger partial charge in [-0.2, -0.15) is 23.8 Å². The summed E-state index contributed by atoms with van der Waals surface area (Å²) in [6.45, 7) is 7.09. The fourth-order valence-electron chi connectivity index (χ4n) is 8.19. The van der Waals surface area contributed by atoms with Gasteiger partial charge in [0, 0.05) is 42.0 Å². The number of nitrogens with one attached hydrogen (secondary N) is 2. The minimum Gasteiger partial charge on any atom is -0.461 e. The van der Waals surface area contributed by atoms with E-state index in [-0.39, 0.29) is 53.8 Å². The zero-order valence-corrected chi connectivity index (χ0v) is 27.6. The highest BCUT2D eigenvalue weighted by atomic mass is 19.3. The number of hydrogen-bond donors (Lipinski definition) is 2. The predicted molar refractivity (Wildman–Crippen MR) is 175 cm³/mol. The Bertz CT molecular complexity index is 1900. The van der Waals surface area contributed by atoms with E-state index in [9.17, 15) is 13.2 Å². The van der Waals surface area contributed by atoms with E-state index in [0.717, 1.165) is 24.6 Å². The molecule has 4 saturated heterocycles. The fourth-order valence-corrected chi connectivity index (χ4v) is 8.19. The molecule has 2 aromatic carbocycles. The van der Waals surface area contributed by atoms with Crippen molar-refractivity contribution in [3.05, 3.63) is 53.2 Å². The first-order chi connectivity index (χ1) is 22.9. The van der Waals surface area contributed by atoms with Crippen LogP contribution in [0.4, 0.5) is 27.8 Å². The van der Waals surface area contributed by atoms with E-state index in [0.29, 0.717) is 54.4 Å². The van der Waals surface area contributed by atoms with Crippen LogP contribution in [0.3, 0.4) is 0 Å². The molecule has 2 aromatic heterocycles. The number of H-pyrrole nitrogens is 1. The van der Waals surface area contributed by atoms with Crippen LogP contribution in [-0.4, -0.2) is 82.1 Å². The molecule has 4 aromatic rings. The molecule has 6 heterocycles. The molecule has 2 N–H and O–H groups in total. The number of piperidine rings is 1. The first-order valence-corrected chi connectivity index (χ1v) is 16.5. The van der Waals surface area contributed by atoms with Gasteiger partial charge in [-0.15, -0.1) is 0 Å². The Kier molecular flexibility index (Phi) is 8.34. The van der Waals surface area contributed by atoms with Gasteiger partial charge in [0.25, 0.3) is 6.08 Å². The highest BCUT2D eigenvalue weighted by Crippen LogP contribution is 2.42. The molecule has 4 atom stereocenters. The van der Waals surface area contributed by atoms with Crippen LogP contribution < -0.4 is 15.0 Å². The van der Waals surface area contributed by atoms with Crippen LogP contribution in [0.1, 0.15) is 50.2 Å². The minimum absolute atomic E-state index is 0.0644. The van der Waals surface area contributed by atoms with E-state index in [1.165, 1.54) is 13.0 Å². The van der Waals surface area contributed by atoms with Crippen LogP contribution in [0.15, 0.2) is 30.5 Å². The van der Waals surface area contributed by atoms with Crippen LogP contribution in [0.25, 0.3) is 32.9 Å². The maximum absolute atomic E-state index is 17.0. The second-order valence-electron chi connectivity index (χ2n) is 14.1. The van der Waals surface area contributed by atoms with Gasteiger partial charge in [-0.1, -0.05) is 0 Å². The lowest BCUT2D eigenvalue weighted by molar-refractivity contribution is 0.0626. The maximum Gasteiger partial charge on any atom is 0.319 e. The topological polar surface area (TPSA) is 82.2 Å². The molecule has 0 spiro atoms. The molecule has 0 amide bonds.